The predicted molar refractivity (Wildman–Crippen MR) is 105 cm³/mol. The number of hydrogen-bond donors (Lipinski definition) is 1. The van der Waals surface area contributed by atoms with Crippen molar-refractivity contribution in [2.24, 2.45) is 0 Å². The van der Waals surface area contributed by atoms with Crippen LogP contribution >= 0.6 is 0 Å². The van der Waals surface area contributed by atoms with Crippen molar-refractivity contribution in [3.8, 4) is 0 Å². The molecule has 1 N–H and O–H groups in total. The normalized spacial score (nSPS) is 14.4. The summed E-state index contributed by atoms with van der Waals surface area (Å²) in [4.78, 5) is 39.7. The topological polar surface area (TPSA) is 77.9 Å². The van der Waals surface area contributed by atoms with Crippen molar-refractivity contribution in [2.45, 2.75) is 19.3 Å². The minimum Gasteiger partial charge on any atom is -0.478 e. The van der Waals surface area contributed by atoms with Gasteiger partial charge in [0.1, 0.15) is 5.82 Å². The van der Waals surface area contributed by atoms with E-state index in [0.29, 0.717) is 43.7 Å². The molecule has 3 rings (SSSR count). The molecule has 0 saturated carbocycles. The zero-order valence-electron chi connectivity index (χ0n) is 16.0. The highest BCUT2D eigenvalue weighted by Crippen LogP contribution is 2.12. The third kappa shape index (κ3) is 5.63. The van der Waals surface area contributed by atoms with Crippen molar-refractivity contribution in [1.82, 2.24) is 9.80 Å². The Bertz CT molecular complexity index is 915. The largest absolute Gasteiger partial charge is 0.478 e. The van der Waals surface area contributed by atoms with Crippen molar-refractivity contribution in [2.75, 3.05) is 26.2 Å². The summed E-state index contributed by atoms with van der Waals surface area (Å²) in [5, 5.41) is 9.08. The molecule has 7 heteroatoms. The summed E-state index contributed by atoms with van der Waals surface area (Å²) in [6.07, 6.45) is 0.918. The standard InChI is InChI=1S/C22H23FN2O4/c23-19-7-2-5-17(13-19)15-21(27)25-9-3-8-24(10-11-25)20(26)14-16-4-1-6-18(12-16)22(28)29/h1-2,4-7,12-13H,3,8-11,14-15H2,(H,28,29). The van der Waals surface area contributed by atoms with Crippen molar-refractivity contribution >= 4 is 17.8 Å². The maximum atomic E-state index is 13.3. The first-order valence-corrected chi connectivity index (χ1v) is 9.54. The van der Waals surface area contributed by atoms with E-state index < -0.39 is 5.97 Å². The van der Waals surface area contributed by atoms with Gasteiger partial charge in [0.15, 0.2) is 0 Å². The highest BCUT2D eigenvalue weighted by molar-refractivity contribution is 5.88. The summed E-state index contributed by atoms with van der Waals surface area (Å²) < 4.78 is 13.3. The lowest BCUT2D eigenvalue weighted by molar-refractivity contribution is -0.132. The highest BCUT2D eigenvalue weighted by Gasteiger charge is 2.22. The molecule has 1 heterocycles. The molecule has 1 aliphatic heterocycles. The van der Waals surface area contributed by atoms with Crippen LogP contribution in [0, 0.1) is 5.82 Å². The van der Waals surface area contributed by atoms with E-state index in [1.807, 2.05) is 0 Å². The molecule has 0 aromatic heterocycles. The Labute approximate surface area is 168 Å². The van der Waals surface area contributed by atoms with Gasteiger partial charge in [0, 0.05) is 26.2 Å². The monoisotopic (exact) mass is 398 g/mol. The number of carboxylic acids is 1. The average molecular weight is 398 g/mol. The third-order valence-corrected chi connectivity index (χ3v) is 4.97. The van der Waals surface area contributed by atoms with Gasteiger partial charge in [-0.25, -0.2) is 9.18 Å². The van der Waals surface area contributed by atoms with Crippen LogP contribution in [0.1, 0.15) is 27.9 Å². The number of nitrogens with zero attached hydrogens (tertiary/aromatic N) is 2. The minimum absolute atomic E-state index is 0.0842. The Balaban J connectivity index is 1.56. The molecule has 0 spiro atoms. The molecular formula is C22H23FN2O4. The van der Waals surface area contributed by atoms with Crippen LogP contribution < -0.4 is 0 Å². The Morgan fingerprint density at radius 3 is 1.93 bits per heavy atom. The van der Waals surface area contributed by atoms with Crippen LogP contribution in [-0.4, -0.2) is 58.9 Å². The van der Waals surface area contributed by atoms with E-state index in [1.165, 1.54) is 24.3 Å². The van der Waals surface area contributed by atoms with E-state index in [4.69, 9.17) is 5.11 Å². The predicted octanol–water partition coefficient (Wildman–Crippen LogP) is 2.37. The van der Waals surface area contributed by atoms with Gasteiger partial charge in [0.2, 0.25) is 11.8 Å². The summed E-state index contributed by atoms with van der Waals surface area (Å²) in [5.41, 5.74) is 1.43. The van der Waals surface area contributed by atoms with Crippen molar-refractivity contribution < 1.29 is 23.9 Å². The molecule has 0 unspecified atom stereocenters. The van der Waals surface area contributed by atoms with Crippen LogP contribution in [-0.2, 0) is 22.4 Å². The molecule has 1 aliphatic rings. The summed E-state index contributed by atoms with van der Waals surface area (Å²) in [6.45, 7) is 1.94. The molecule has 0 bridgehead atoms. The number of benzene rings is 2. The van der Waals surface area contributed by atoms with Crippen molar-refractivity contribution in [1.29, 1.82) is 0 Å². The number of halogens is 1. The van der Waals surface area contributed by atoms with Gasteiger partial charge in [-0.05, 0) is 41.8 Å². The Morgan fingerprint density at radius 2 is 1.38 bits per heavy atom. The lowest BCUT2D eigenvalue weighted by Gasteiger charge is -2.22. The number of aromatic carboxylic acids is 1. The Hall–Kier alpha value is -3.22. The molecule has 0 atom stereocenters. The van der Waals surface area contributed by atoms with Gasteiger partial charge in [-0.2, -0.15) is 0 Å². The van der Waals surface area contributed by atoms with Crippen LogP contribution in [0.3, 0.4) is 0 Å². The zero-order valence-corrected chi connectivity index (χ0v) is 16.0. The van der Waals surface area contributed by atoms with E-state index in [0.717, 1.165) is 0 Å². The van der Waals surface area contributed by atoms with E-state index in [1.54, 1.807) is 34.1 Å². The summed E-state index contributed by atoms with van der Waals surface area (Å²) >= 11 is 0. The van der Waals surface area contributed by atoms with Crippen molar-refractivity contribution in [3.05, 3.63) is 71.0 Å². The Morgan fingerprint density at radius 1 is 0.828 bits per heavy atom. The van der Waals surface area contributed by atoms with Crippen molar-refractivity contribution in [3.63, 3.8) is 0 Å². The molecule has 0 radical (unpaired) electrons. The fraction of sp³-hybridized carbons (Fsp3) is 0.318. The third-order valence-electron chi connectivity index (χ3n) is 4.97. The lowest BCUT2D eigenvalue weighted by atomic mass is 10.1. The van der Waals surface area contributed by atoms with Gasteiger partial charge in [0.05, 0.1) is 18.4 Å². The van der Waals surface area contributed by atoms with E-state index >= 15 is 0 Å². The summed E-state index contributed by atoms with van der Waals surface area (Å²) in [7, 11) is 0. The molecule has 29 heavy (non-hydrogen) atoms. The number of carbonyl (C=O) groups excluding carboxylic acids is 2. The molecule has 1 saturated heterocycles. The zero-order chi connectivity index (χ0) is 20.8. The Kier molecular flexibility index (Phi) is 6.59. The molecule has 2 aromatic carbocycles. The number of carbonyl (C=O) groups is 3. The fourth-order valence-corrected chi connectivity index (χ4v) is 3.45. The van der Waals surface area contributed by atoms with Crippen LogP contribution in [0.25, 0.3) is 0 Å². The highest BCUT2D eigenvalue weighted by atomic mass is 19.1. The van der Waals surface area contributed by atoms with Crippen LogP contribution in [0.2, 0.25) is 0 Å². The first-order valence-electron chi connectivity index (χ1n) is 9.54. The van der Waals surface area contributed by atoms with Crippen LogP contribution in [0.5, 0.6) is 0 Å². The minimum atomic E-state index is -1.03. The SMILES string of the molecule is O=C(O)c1cccc(CC(=O)N2CCCN(C(=O)Cc3cccc(F)c3)CC2)c1. The molecule has 2 amide bonds. The number of hydrogen-bond acceptors (Lipinski definition) is 3. The average Bonchev–Trinajstić information content (AvgIpc) is 2.94. The summed E-state index contributed by atoms with van der Waals surface area (Å²) in [6, 6.07) is 12.4. The molecule has 152 valence electrons. The van der Waals surface area contributed by atoms with Crippen LogP contribution in [0.4, 0.5) is 4.39 Å². The molecule has 6 nitrogen and oxygen atoms in total. The van der Waals surface area contributed by atoms with Gasteiger partial charge in [-0.15, -0.1) is 0 Å². The van der Waals surface area contributed by atoms with Gasteiger partial charge in [-0.3, -0.25) is 9.59 Å². The number of rotatable bonds is 5. The second-order valence-corrected chi connectivity index (χ2v) is 7.10. The number of amides is 2. The molecule has 0 aliphatic carbocycles. The molecule has 1 fully saturated rings. The van der Waals surface area contributed by atoms with Crippen LogP contribution in [0.15, 0.2) is 48.5 Å². The maximum Gasteiger partial charge on any atom is 0.335 e. The molecule has 2 aromatic rings. The lowest BCUT2D eigenvalue weighted by Crippen LogP contribution is -2.38. The van der Waals surface area contributed by atoms with E-state index in [9.17, 15) is 18.8 Å². The van der Waals surface area contributed by atoms with Gasteiger partial charge in [0.25, 0.3) is 0 Å². The van der Waals surface area contributed by atoms with Gasteiger partial charge >= 0.3 is 5.97 Å². The molecular weight excluding hydrogens is 375 g/mol. The second kappa shape index (κ2) is 9.32. The second-order valence-electron chi connectivity index (χ2n) is 7.10. The first kappa shape index (κ1) is 20.5. The first-order chi connectivity index (χ1) is 13.9. The number of carboxylic acid groups (broad SMARTS) is 1. The fourth-order valence-electron chi connectivity index (χ4n) is 3.45. The smallest absolute Gasteiger partial charge is 0.335 e. The van der Waals surface area contributed by atoms with E-state index in [2.05, 4.69) is 0 Å². The quantitative estimate of drug-likeness (QED) is 0.839. The maximum absolute atomic E-state index is 13.3. The summed E-state index contributed by atoms with van der Waals surface area (Å²) in [5.74, 6) is -1.57. The van der Waals surface area contributed by atoms with E-state index in [-0.39, 0.29) is 36.0 Å². The van der Waals surface area contributed by atoms with Gasteiger partial charge in [-0.1, -0.05) is 24.3 Å². The van der Waals surface area contributed by atoms with Gasteiger partial charge < -0.3 is 14.9 Å².